The summed E-state index contributed by atoms with van der Waals surface area (Å²) in [6, 6.07) is 8.17. The molecule has 1 rings (SSSR count). The van der Waals surface area contributed by atoms with E-state index >= 15 is 0 Å². The zero-order valence-corrected chi connectivity index (χ0v) is 12.6. The van der Waals surface area contributed by atoms with Gasteiger partial charge in [0.1, 0.15) is 0 Å². The normalized spacial score (nSPS) is 12.2. The van der Waals surface area contributed by atoms with Crippen molar-refractivity contribution in [2.75, 3.05) is 20.2 Å². The minimum Gasteiger partial charge on any atom is -0.469 e. The standard InChI is InChI=1S/C14H20BrNO3/c1-19-14(18)7-6-13(17)10-16-9-8-11-2-4-12(15)5-3-11/h2-5,13,16-17H,6-10H2,1H3. The Labute approximate surface area is 122 Å². The summed E-state index contributed by atoms with van der Waals surface area (Å²) in [6.07, 6.45) is 1.09. The van der Waals surface area contributed by atoms with E-state index in [4.69, 9.17) is 0 Å². The lowest BCUT2D eigenvalue weighted by Gasteiger charge is -2.11. The number of rotatable bonds is 8. The molecule has 0 amide bonds. The second kappa shape index (κ2) is 9.07. The summed E-state index contributed by atoms with van der Waals surface area (Å²) in [7, 11) is 1.35. The summed E-state index contributed by atoms with van der Waals surface area (Å²) in [5.74, 6) is -0.283. The van der Waals surface area contributed by atoms with Crippen LogP contribution in [-0.2, 0) is 16.0 Å². The number of ether oxygens (including phenoxy) is 1. The minimum atomic E-state index is -0.510. The fraction of sp³-hybridized carbons (Fsp3) is 0.500. The Kier molecular flexibility index (Phi) is 7.70. The zero-order chi connectivity index (χ0) is 14.1. The van der Waals surface area contributed by atoms with E-state index in [0.717, 1.165) is 17.4 Å². The molecular weight excluding hydrogens is 310 g/mol. The lowest BCUT2D eigenvalue weighted by Crippen LogP contribution is -2.29. The Morgan fingerprint density at radius 2 is 2.11 bits per heavy atom. The second-order valence-corrected chi connectivity index (χ2v) is 5.26. The summed E-state index contributed by atoms with van der Waals surface area (Å²) >= 11 is 3.39. The quantitative estimate of drug-likeness (QED) is 0.565. The first-order valence-corrected chi connectivity index (χ1v) is 7.11. The summed E-state index contributed by atoms with van der Waals surface area (Å²) in [5.41, 5.74) is 1.25. The number of nitrogens with one attached hydrogen (secondary N) is 1. The van der Waals surface area contributed by atoms with Gasteiger partial charge in [0.15, 0.2) is 0 Å². The molecule has 1 aromatic rings. The second-order valence-electron chi connectivity index (χ2n) is 4.35. The molecule has 0 heterocycles. The third kappa shape index (κ3) is 7.30. The average Bonchev–Trinajstić information content (AvgIpc) is 2.42. The van der Waals surface area contributed by atoms with Crippen LogP contribution in [0.2, 0.25) is 0 Å². The molecular formula is C14H20BrNO3. The molecule has 1 unspecified atom stereocenters. The molecule has 0 aliphatic rings. The fourth-order valence-electron chi connectivity index (χ4n) is 1.64. The molecule has 0 aliphatic carbocycles. The maximum atomic E-state index is 10.9. The highest BCUT2D eigenvalue weighted by Crippen LogP contribution is 2.10. The number of carbonyl (C=O) groups is 1. The van der Waals surface area contributed by atoms with E-state index in [0.29, 0.717) is 13.0 Å². The summed E-state index contributed by atoms with van der Waals surface area (Å²) in [5, 5.41) is 12.8. The monoisotopic (exact) mass is 329 g/mol. The van der Waals surface area contributed by atoms with Crippen molar-refractivity contribution >= 4 is 21.9 Å². The van der Waals surface area contributed by atoms with Crippen molar-refractivity contribution in [1.29, 1.82) is 0 Å². The van der Waals surface area contributed by atoms with Crippen LogP contribution in [0, 0.1) is 0 Å². The maximum absolute atomic E-state index is 10.9. The third-order valence-electron chi connectivity index (χ3n) is 2.79. The van der Waals surface area contributed by atoms with E-state index in [2.05, 4.69) is 38.1 Å². The van der Waals surface area contributed by atoms with E-state index in [1.807, 2.05) is 12.1 Å². The van der Waals surface area contributed by atoms with E-state index in [-0.39, 0.29) is 12.4 Å². The van der Waals surface area contributed by atoms with Crippen molar-refractivity contribution in [2.24, 2.45) is 0 Å². The van der Waals surface area contributed by atoms with Crippen LogP contribution in [0.3, 0.4) is 0 Å². The van der Waals surface area contributed by atoms with Gasteiger partial charge < -0.3 is 15.2 Å². The number of esters is 1. The van der Waals surface area contributed by atoms with Crippen LogP contribution in [0.25, 0.3) is 0 Å². The largest absolute Gasteiger partial charge is 0.469 e. The number of hydrogen-bond acceptors (Lipinski definition) is 4. The van der Waals surface area contributed by atoms with Gasteiger partial charge in [-0.2, -0.15) is 0 Å². The number of hydrogen-bond donors (Lipinski definition) is 2. The van der Waals surface area contributed by atoms with E-state index < -0.39 is 6.10 Å². The lowest BCUT2D eigenvalue weighted by atomic mass is 10.1. The molecule has 0 bridgehead atoms. The van der Waals surface area contributed by atoms with E-state index in [1.54, 1.807) is 0 Å². The molecule has 0 fully saturated rings. The van der Waals surface area contributed by atoms with Crippen LogP contribution in [0.4, 0.5) is 0 Å². The number of aliphatic hydroxyl groups is 1. The van der Waals surface area contributed by atoms with Crippen molar-refractivity contribution in [1.82, 2.24) is 5.32 Å². The van der Waals surface area contributed by atoms with Crippen LogP contribution < -0.4 is 5.32 Å². The SMILES string of the molecule is COC(=O)CCC(O)CNCCc1ccc(Br)cc1. The van der Waals surface area contributed by atoms with Gasteiger partial charge in [-0.15, -0.1) is 0 Å². The topological polar surface area (TPSA) is 58.6 Å². The molecule has 2 N–H and O–H groups in total. The van der Waals surface area contributed by atoms with Gasteiger partial charge in [0.2, 0.25) is 0 Å². The van der Waals surface area contributed by atoms with E-state index in [9.17, 15) is 9.90 Å². The van der Waals surface area contributed by atoms with Gasteiger partial charge in [-0.3, -0.25) is 4.79 Å². The predicted molar refractivity (Wildman–Crippen MR) is 78.0 cm³/mol. The molecule has 0 saturated carbocycles. The van der Waals surface area contributed by atoms with Crippen LogP contribution in [0.15, 0.2) is 28.7 Å². The molecule has 106 valence electrons. The molecule has 0 saturated heterocycles. The highest BCUT2D eigenvalue weighted by Gasteiger charge is 2.07. The molecule has 5 heteroatoms. The average molecular weight is 330 g/mol. The Morgan fingerprint density at radius 1 is 1.42 bits per heavy atom. The molecule has 1 atom stereocenters. The van der Waals surface area contributed by atoms with Crippen LogP contribution >= 0.6 is 15.9 Å². The Morgan fingerprint density at radius 3 is 2.74 bits per heavy atom. The summed E-state index contributed by atoms with van der Waals surface area (Å²) in [4.78, 5) is 10.9. The highest BCUT2D eigenvalue weighted by molar-refractivity contribution is 9.10. The zero-order valence-electron chi connectivity index (χ0n) is 11.1. The smallest absolute Gasteiger partial charge is 0.305 e. The number of aliphatic hydroxyl groups excluding tert-OH is 1. The van der Waals surface area contributed by atoms with Gasteiger partial charge in [0.05, 0.1) is 13.2 Å². The number of methoxy groups -OCH3 is 1. The lowest BCUT2D eigenvalue weighted by molar-refractivity contribution is -0.141. The van der Waals surface area contributed by atoms with Crippen molar-refractivity contribution in [3.63, 3.8) is 0 Å². The molecule has 4 nitrogen and oxygen atoms in total. The maximum Gasteiger partial charge on any atom is 0.305 e. The molecule has 1 aromatic carbocycles. The summed E-state index contributed by atoms with van der Waals surface area (Å²) in [6.45, 7) is 1.30. The third-order valence-corrected chi connectivity index (χ3v) is 3.32. The van der Waals surface area contributed by atoms with Gasteiger partial charge >= 0.3 is 5.97 Å². The first-order valence-electron chi connectivity index (χ1n) is 6.32. The molecule has 0 spiro atoms. The number of benzene rings is 1. The Hall–Kier alpha value is -0.910. The number of halogens is 1. The van der Waals surface area contributed by atoms with Gasteiger partial charge in [-0.05, 0) is 37.1 Å². The predicted octanol–water partition coefficient (Wildman–Crippen LogP) is 1.90. The first-order chi connectivity index (χ1) is 9.11. The van der Waals surface area contributed by atoms with Crippen molar-refractivity contribution in [2.45, 2.75) is 25.4 Å². The van der Waals surface area contributed by atoms with Gasteiger partial charge in [0, 0.05) is 17.4 Å². The van der Waals surface area contributed by atoms with E-state index in [1.165, 1.54) is 12.7 Å². The van der Waals surface area contributed by atoms with Gasteiger partial charge in [0.25, 0.3) is 0 Å². The van der Waals surface area contributed by atoms with Crippen molar-refractivity contribution in [3.8, 4) is 0 Å². The molecule has 0 aromatic heterocycles. The Bertz CT molecular complexity index is 381. The Balaban J connectivity index is 2.10. The molecule has 19 heavy (non-hydrogen) atoms. The minimum absolute atomic E-state index is 0.256. The van der Waals surface area contributed by atoms with Crippen LogP contribution in [-0.4, -0.2) is 37.4 Å². The fourth-order valence-corrected chi connectivity index (χ4v) is 1.91. The van der Waals surface area contributed by atoms with Crippen LogP contribution in [0.1, 0.15) is 18.4 Å². The highest BCUT2D eigenvalue weighted by atomic mass is 79.9. The number of carbonyl (C=O) groups excluding carboxylic acids is 1. The van der Waals surface area contributed by atoms with Gasteiger partial charge in [-0.1, -0.05) is 28.1 Å². The molecule has 0 radical (unpaired) electrons. The van der Waals surface area contributed by atoms with Crippen LogP contribution in [0.5, 0.6) is 0 Å². The first kappa shape index (κ1) is 16.1. The van der Waals surface area contributed by atoms with Crippen molar-refractivity contribution < 1.29 is 14.6 Å². The van der Waals surface area contributed by atoms with Crippen molar-refractivity contribution in [3.05, 3.63) is 34.3 Å². The molecule has 0 aliphatic heterocycles. The van der Waals surface area contributed by atoms with Gasteiger partial charge in [-0.25, -0.2) is 0 Å². The summed E-state index contributed by atoms with van der Waals surface area (Å²) < 4.78 is 5.59.